The first-order valence-corrected chi connectivity index (χ1v) is 13.9. The quantitative estimate of drug-likeness (QED) is 0.195. The van der Waals surface area contributed by atoms with Crippen LogP contribution < -0.4 is 24.3 Å². The summed E-state index contributed by atoms with van der Waals surface area (Å²) in [4.78, 5) is 0. The Morgan fingerprint density at radius 3 is 1.80 bits per heavy atom. The second-order valence-electron chi connectivity index (χ2n) is 9.88. The first-order valence-electron chi connectivity index (χ1n) is 12.0. The van der Waals surface area contributed by atoms with Gasteiger partial charge in [0.2, 0.25) is 0 Å². The molecule has 0 amide bonds. The molecule has 4 nitrogen and oxygen atoms in total. The largest absolute Gasteiger partial charge is 0.531 e. The van der Waals surface area contributed by atoms with E-state index < -0.39 is 8.32 Å². The molecule has 0 aliphatic rings. The third-order valence-corrected chi connectivity index (χ3v) is 11.0. The van der Waals surface area contributed by atoms with Crippen molar-refractivity contribution in [3.05, 3.63) is 90.0 Å². The van der Waals surface area contributed by atoms with Gasteiger partial charge < -0.3 is 18.6 Å². The molecule has 5 heteroatoms. The zero-order chi connectivity index (χ0) is 25.5. The Labute approximate surface area is 211 Å². The zero-order valence-electron chi connectivity index (χ0n) is 22.1. The molecule has 0 aliphatic heterocycles. The second kappa shape index (κ2) is 11.6. The standard InChI is InChI=1S/C30H38O4Si/c1-23(2)18-19-26-27(32-7)20-21-28(29(26)33-22-31-6)34-35(30(3,4)5,24-14-10-8-11-15-24)25-16-12-9-13-17-25/h8-18,20-21H,19,22H2,1-7H3. The molecule has 0 aromatic heterocycles. The molecule has 0 fully saturated rings. The molecule has 3 aromatic carbocycles. The summed E-state index contributed by atoms with van der Waals surface area (Å²) in [5, 5.41) is 2.24. The summed E-state index contributed by atoms with van der Waals surface area (Å²) in [6, 6.07) is 25.1. The van der Waals surface area contributed by atoms with Crippen molar-refractivity contribution in [1.29, 1.82) is 0 Å². The van der Waals surface area contributed by atoms with E-state index in [9.17, 15) is 0 Å². The van der Waals surface area contributed by atoms with Gasteiger partial charge >= 0.3 is 8.32 Å². The van der Waals surface area contributed by atoms with Crippen LogP contribution in [0, 0.1) is 0 Å². The molecule has 0 N–H and O–H groups in total. The Bertz CT molecular complexity index is 1070. The van der Waals surface area contributed by atoms with E-state index in [0.29, 0.717) is 17.9 Å². The van der Waals surface area contributed by atoms with Crippen LogP contribution in [0.1, 0.15) is 40.2 Å². The van der Waals surface area contributed by atoms with Crippen molar-refractivity contribution in [3.8, 4) is 17.2 Å². The van der Waals surface area contributed by atoms with Gasteiger partial charge in [-0.2, -0.15) is 0 Å². The van der Waals surface area contributed by atoms with Crippen molar-refractivity contribution < 1.29 is 18.6 Å². The Hall–Kier alpha value is -3.02. The highest BCUT2D eigenvalue weighted by atomic mass is 28.4. The monoisotopic (exact) mass is 490 g/mol. The molecule has 0 spiro atoms. The lowest BCUT2D eigenvalue weighted by atomic mass is 10.1. The fraction of sp³-hybridized carbons (Fsp3) is 0.333. The molecule has 0 saturated carbocycles. The summed E-state index contributed by atoms with van der Waals surface area (Å²) < 4.78 is 24.5. The number of methoxy groups -OCH3 is 2. The van der Waals surface area contributed by atoms with Gasteiger partial charge in [0.1, 0.15) is 11.5 Å². The highest BCUT2D eigenvalue weighted by molar-refractivity contribution is 7.00. The Morgan fingerprint density at radius 1 is 0.800 bits per heavy atom. The van der Waals surface area contributed by atoms with Crippen molar-refractivity contribution in [2.24, 2.45) is 0 Å². The smallest absolute Gasteiger partial charge is 0.320 e. The van der Waals surface area contributed by atoms with Gasteiger partial charge in [0.05, 0.1) is 7.11 Å². The Balaban J connectivity index is 2.30. The van der Waals surface area contributed by atoms with Crippen LogP contribution in [0.3, 0.4) is 0 Å². The van der Waals surface area contributed by atoms with Crippen LogP contribution in [0.2, 0.25) is 5.04 Å². The average Bonchev–Trinajstić information content (AvgIpc) is 2.85. The molecular formula is C30H38O4Si. The number of allylic oxidation sites excluding steroid dienone is 2. The maximum atomic E-state index is 7.30. The minimum Gasteiger partial charge on any atom is -0.531 e. The van der Waals surface area contributed by atoms with Gasteiger partial charge in [0.15, 0.2) is 12.5 Å². The van der Waals surface area contributed by atoms with Gasteiger partial charge in [-0.1, -0.05) is 93.1 Å². The molecule has 186 valence electrons. The number of hydrogen-bond acceptors (Lipinski definition) is 4. The molecule has 0 unspecified atom stereocenters. The minimum absolute atomic E-state index is 0.117. The van der Waals surface area contributed by atoms with Gasteiger partial charge in [0, 0.05) is 12.7 Å². The lowest BCUT2D eigenvalue weighted by Gasteiger charge is -2.43. The summed E-state index contributed by atoms with van der Waals surface area (Å²) in [5.74, 6) is 2.13. The fourth-order valence-corrected chi connectivity index (χ4v) is 8.87. The lowest BCUT2D eigenvalue weighted by molar-refractivity contribution is 0.0490. The third-order valence-electron chi connectivity index (χ3n) is 6.12. The summed E-state index contributed by atoms with van der Waals surface area (Å²) in [5.41, 5.74) is 2.17. The summed E-state index contributed by atoms with van der Waals surface area (Å²) in [7, 11) is 0.475. The highest BCUT2D eigenvalue weighted by Crippen LogP contribution is 2.43. The molecule has 0 saturated heterocycles. The van der Waals surface area contributed by atoms with Gasteiger partial charge in [-0.25, -0.2) is 0 Å². The predicted octanol–water partition coefficient (Wildman–Crippen LogP) is 6.13. The molecule has 0 radical (unpaired) electrons. The van der Waals surface area contributed by atoms with Crippen molar-refractivity contribution in [1.82, 2.24) is 0 Å². The molecule has 0 atom stereocenters. The predicted molar refractivity (Wildman–Crippen MR) is 147 cm³/mol. The van der Waals surface area contributed by atoms with Crippen molar-refractivity contribution in [2.45, 2.75) is 46.1 Å². The van der Waals surface area contributed by atoms with Crippen LogP contribution in [-0.2, 0) is 11.2 Å². The third kappa shape index (κ3) is 5.80. The van der Waals surface area contributed by atoms with Crippen LogP contribution in [0.25, 0.3) is 0 Å². The summed E-state index contributed by atoms with van der Waals surface area (Å²) in [6.45, 7) is 11.1. The van der Waals surface area contributed by atoms with Crippen LogP contribution in [0.5, 0.6) is 17.2 Å². The number of hydrogen-bond donors (Lipinski definition) is 0. The van der Waals surface area contributed by atoms with E-state index in [0.717, 1.165) is 11.3 Å². The van der Waals surface area contributed by atoms with Gasteiger partial charge in [0.25, 0.3) is 0 Å². The van der Waals surface area contributed by atoms with E-state index in [1.807, 2.05) is 24.3 Å². The topological polar surface area (TPSA) is 36.9 Å². The summed E-state index contributed by atoms with van der Waals surface area (Å²) >= 11 is 0. The lowest BCUT2D eigenvalue weighted by Crippen LogP contribution is -2.68. The molecule has 0 heterocycles. The maximum absolute atomic E-state index is 7.30. The van der Waals surface area contributed by atoms with E-state index >= 15 is 0 Å². The van der Waals surface area contributed by atoms with Crippen molar-refractivity contribution in [2.75, 3.05) is 21.0 Å². The Kier molecular flexibility index (Phi) is 8.81. The van der Waals surface area contributed by atoms with E-state index in [1.54, 1.807) is 14.2 Å². The second-order valence-corrected chi connectivity index (χ2v) is 14.1. The van der Waals surface area contributed by atoms with Gasteiger partial charge in [-0.05, 0) is 47.8 Å². The van der Waals surface area contributed by atoms with Crippen LogP contribution >= 0.6 is 0 Å². The van der Waals surface area contributed by atoms with Crippen LogP contribution in [-0.4, -0.2) is 29.3 Å². The van der Waals surface area contributed by atoms with E-state index in [2.05, 4.69) is 89.2 Å². The van der Waals surface area contributed by atoms with E-state index in [-0.39, 0.29) is 11.8 Å². The first kappa shape index (κ1) is 26.6. The minimum atomic E-state index is -2.83. The average molecular weight is 491 g/mol. The molecule has 3 aromatic rings. The normalized spacial score (nSPS) is 11.6. The SMILES string of the molecule is COCOc1c(O[Si](c2ccccc2)(c2ccccc2)C(C)(C)C)ccc(OC)c1CC=C(C)C. The van der Waals surface area contributed by atoms with Gasteiger partial charge in [-0.3, -0.25) is 0 Å². The molecule has 0 bridgehead atoms. The van der Waals surface area contributed by atoms with E-state index in [4.69, 9.17) is 18.6 Å². The van der Waals surface area contributed by atoms with Gasteiger partial charge in [-0.15, -0.1) is 0 Å². The molecule has 35 heavy (non-hydrogen) atoms. The zero-order valence-corrected chi connectivity index (χ0v) is 23.1. The van der Waals surface area contributed by atoms with Crippen LogP contribution in [0.15, 0.2) is 84.4 Å². The number of ether oxygens (including phenoxy) is 3. The molecule has 3 rings (SSSR count). The molecular weight excluding hydrogens is 452 g/mol. The summed E-state index contributed by atoms with van der Waals surface area (Å²) in [6.07, 6.45) is 2.84. The van der Waals surface area contributed by atoms with Crippen molar-refractivity contribution in [3.63, 3.8) is 0 Å². The number of rotatable bonds is 10. The number of benzene rings is 3. The Morgan fingerprint density at radius 2 is 1.34 bits per heavy atom. The first-order chi connectivity index (χ1) is 16.7. The fourth-order valence-electron chi connectivity index (χ4n) is 4.45. The van der Waals surface area contributed by atoms with E-state index in [1.165, 1.54) is 15.9 Å². The maximum Gasteiger partial charge on any atom is 0.320 e. The van der Waals surface area contributed by atoms with Crippen LogP contribution in [0.4, 0.5) is 0 Å². The highest BCUT2D eigenvalue weighted by Gasteiger charge is 2.52. The van der Waals surface area contributed by atoms with Crippen molar-refractivity contribution >= 4 is 18.7 Å². The molecule has 0 aliphatic carbocycles.